The molecule has 7 nitrogen and oxygen atoms in total. The molecule has 35 heavy (non-hydrogen) atoms. The molecule has 3 aromatic rings. The van der Waals surface area contributed by atoms with E-state index in [-0.39, 0.29) is 17.8 Å². The van der Waals surface area contributed by atoms with Crippen LogP contribution in [0.1, 0.15) is 37.7 Å². The number of hydrogen-bond donors (Lipinski definition) is 4. The van der Waals surface area contributed by atoms with E-state index in [9.17, 15) is 18.0 Å². The molecule has 0 saturated heterocycles. The Hall–Kier alpha value is -2.43. The molecule has 2 aromatic heterocycles. The van der Waals surface area contributed by atoms with Crippen molar-refractivity contribution in [2.45, 2.75) is 48.2 Å². The fourth-order valence-electron chi connectivity index (χ4n) is 3.93. The van der Waals surface area contributed by atoms with Crippen LogP contribution < -0.4 is 16.0 Å². The van der Waals surface area contributed by atoms with Crippen LogP contribution in [-0.2, 0) is 11.0 Å². The number of benzene rings is 1. The molecule has 0 spiro atoms. The van der Waals surface area contributed by atoms with Crippen LogP contribution >= 0.6 is 34.8 Å². The molecule has 0 bridgehead atoms. The van der Waals surface area contributed by atoms with Crippen LogP contribution in [-0.4, -0.2) is 30.8 Å². The third-order valence-corrected chi connectivity index (χ3v) is 6.41. The summed E-state index contributed by atoms with van der Waals surface area (Å²) in [6.07, 6.45) is 0.632. The fourth-order valence-corrected chi connectivity index (χ4v) is 4.26. The molecule has 13 heteroatoms. The van der Waals surface area contributed by atoms with Crippen molar-refractivity contribution in [2.24, 2.45) is 5.92 Å². The SMILES string of the molecule is O=C(NC(Nc1nc(Nc2ccc(C(F)(F)F)cc2)c2cc[nH]c2n1)C(Cl)(Cl)Cl)C1CCCCC1. The van der Waals surface area contributed by atoms with Gasteiger partial charge in [0.15, 0.2) is 0 Å². The van der Waals surface area contributed by atoms with Crippen LogP contribution in [0, 0.1) is 5.92 Å². The Bertz CT molecular complexity index is 1170. The van der Waals surface area contributed by atoms with Crippen LogP contribution in [0.15, 0.2) is 36.5 Å². The summed E-state index contributed by atoms with van der Waals surface area (Å²) >= 11 is 18.4. The van der Waals surface area contributed by atoms with Gasteiger partial charge in [-0.3, -0.25) is 4.79 Å². The summed E-state index contributed by atoms with van der Waals surface area (Å²) in [6.45, 7) is 0. The van der Waals surface area contributed by atoms with Gasteiger partial charge in [-0.1, -0.05) is 54.1 Å². The number of halogens is 6. The van der Waals surface area contributed by atoms with Crippen LogP contribution in [0.25, 0.3) is 11.0 Å². The number of anilines is 3. The van der Waals surface area contributed by atoms with Gasteiger partial charge in [-0.2, -0.15) is 23.1 Å². The first-order valence-corrected chi connectivity index (χ1v) is 12.1. The maximum Gasteiger partial charge on any atom is 0.416 e. The van der Waals surface area contributed by atoms with E-state index in [1.54, 1.807) is 12.3 Å². The Kier molecular flexibility index (Phi) is 7.54. The molecule has 2 heterocycles. The minimum Gasteiger partial charge on any atom is -0.346 e. The molecule has 1 atom stereocenters. The first kappa shape index (κ1) is 25.7. The lowest BCUT2D eigenvalue weighted by molar-refractivity contribution is -0.137. The topological polar surface area (TPSA) is 94.7 Å². The van der Waals surface area contributed by atoms with Gasteiger partial charge in [-0.25, -0.2) is 0 Å². The van der Waals surface area contributed by atoms with Crippen molar-refractivity contribution in [1.82, 2.24) is 20.3 Å². The number of carbonyl (C=O) groups is 1. The molecule has 1 aliphatic rings. The van der Waals surface area contributed by atoms with Crippen molar-refractivity contribution in [1.29, 1.82) is 0 Å². The first-order valence-electron chi connectivity index (χ1n) is 10.9. The van der Waals surface area contributed by atoms with Crippen LogP contribution in [0.2, 0.25) is 0 Å². The summed E-state index contributed by atoms with van der Waals surface area (Å²) in [5, 5.41) is 9.19. The highest BCUT2D eigenvalue weighted by molar-refractivity contribution is 6.68. The number of fused-ring (bicyclic) bond motifs is 1. The van der Waals surface area contributed by atoms with Gasteiger partial charge in [-0.05, 0) is 43.2 Å². The molecule has 4 rings (SSSR count). The number of amides is 1. The minimum absolute atomic E-state index is 0.0367. The van der Waals surface area contributed by atoms with Gasteiger partial charge < -0.3 is 20.9 Å². The quantitative estimate of drug-likeness (QED) is 0.207. The summed E-state index contributed by atoms with van der Waals surface area (Å²) in [7, 11) is 0. The monoisotopic (exact) mass is 548 g/mol. The second-order valence-electron chi connectivity index (χ2n) is 8.30. The number of nitrogens with one attached hydrogen (secondary N) is 4. The van der Waals surface area contributed by atoms with Gasteiger partial charge in [0.25, 0.3) is 0 Å². The third kappa shape index (κ3) is 6.42. The van der Waals surface area contributed by atoms with Crippen molar-refractivity contribution in [3.05, 3.63) is 42.1 Å². The minimum atomic E-state index is -4.44. The van der Waals surface area contributed by atoms with Crippen LogP contribution in [0.3, 0.4) is 0 Å². The Balaban J connectivity index is 1.57. The molecule has 1 aromatic carbocycles. The molecular weight excluding hydrogens is 528 g/mol. The number of rotatable bonds is 6. The lowest BCUT2D eigenvalue weighted by Crippen LogP contribution is -2.51. The molecule has 0 aliphatic heterocycles. The number of carbonyl (C=O) groups excluding carboxylic acids is 1. The second-order valence-corrected chi connectivity index (χ2v) is 10.7. The number of hydrogen-bond acceptors (Lipinski definition) is 5. The highest BCUT2D eigenvalue weighted by Gasteiger charge is 2.36. The maximum absolute atomic E-state index is 12.9. The molecular formula is C22H22Cl3F3N6O. The smallest absolute Gasteiger partial charge is 0.346 e. The van der Waals surface area contributed by atoms with Crippen molar-refractivity contribution >= 4 is 69.2 Å². The van der Waals surface area contributed by atoms with E-state index in [4.69, 9.17) is 34.8 Å². The van der Waals surface area contributed by atoms with E-state index in [0.29, 0.717) is 22.5 Å². The van der Waals surface area contributed by atoms with Crippen molar-refractivity contribution in [2.75, 3.05) is 10.6 Å². The molecule has 188 valence electrons. The van der Waals surface area contributed by atoms with Gasteiger partial charge in [-0.15, -0.1) is 0 Å². The number of nitrogens with zero attached hydrogens (tertiary/aromatic N) is 2. The largest absolute Gasteiger partial charge is 0.416 e. The summed E-state index contributed by atoms with van der Waals surface area (Å²) in [5.74, 6) is -0.0449. The zero-order valence-corrected chi connectivity index (χ0v) is 20.5. The van der Waals surface area contributed by atoms with E-state index in [1.807, 2.05) is 0 Å². The van der Waals surface area contributed by atoms with Crippen molar-refractivity contribution in [3.63, 3.8) is 0 Å². The molecule has 1 unspecified atom stereocenters. The summed E-state index contributed by atoms with van der Waals surface area (Å²) in [6, 6.07) is 6.24. The highest BCUT2D eigenvalue weighted by atomic mass is 35.6. The van der Waals surface area contributed by atoms with E-state index in [1.165, 1.54) is 12.1 Å². The Morgan fingerprint density at radius 3 is 2.34 bits per heavy atom. The lowest BCUT2D eigenvalue weighted by atomic mass is 9.88. The molecule has 0 radical (unpaired) electrons. The van der Waals surface area contributed by atoms with Crippen molar-refractivity contribution < 1.29 is 18.0 Å². The average molecular weight is 550 g/mol. The van der Waals surface area contributed by atoms with Crippen LogP contribution in [0.5, 0.6) is 0 Å². The van der Waals surface area contributed by atoms with Gasteiger partial charge >= 0.3 is 6.18 Å². The van der Waals surface area contributed by atoms with E-state index < -0.39 is 21.7 Å². The molecule has 1 amide bonds. The van der Waals surface area contributed by atoms with Gasteiger partial charge in [0.05, 0.1) is 10.9 Å². The predicted molar refractivity (Wildman–Crippen MR) is 131 cm³/mol. The Morgan fingerprint density at radius 1 is 1.03 bits per heavy atom. The van der Waals surface area contributed by atoms with E-state index in [0.717, 1.165) is 44.2 Å². The normalized spacial score (nSPS) is 16.2. The summed E-state index contributed by atoms with van der Waals surface area (Å²) < 4.78 is 36.7. The molecule has 1 saturated carbocycles. The fraction of sp³-hybridized carbons (Fsp3) is 0.409. The van der Waals surface area contributed by atoms with Crippen LogP contribution in [0.4, 0.5) is 30.6 Å². The number of alkyl halides is 6. The van der Waals surface area contributed by atoms with Gasteiger partial charge in [0, 0.05) is 17.8 Å². The maximum atomic E-state index is 12.9. The highest BCUT2D eigenvalue weighted by Crippen LogP contribution is 2.34. The Labute approximate surface area is 214 Å². The second kappa shape index (κ2) is 10.3. The summed E-state index contributed by atoms with van der Waals surface area (Å²) in [5.41, 5.74) is 0.0476. The average Bonchev–Trinajstić information content (AvgIpc) is 3.27. The Morgan fingerprint density at radius 2 is 1.71 bits per heavy atom. The van der Waals surface area contributed by atoms with E-state index >= 15 is 0 Å². The predicted octanol–water partition coefficient (Wildman–Crippen LogP) is 6.53. The number of H-pyrrole nitrogens is 1. The summed E-state index contributed by atoms with van der Waals surface area (Å²) in [4.78, 5) is 24.5. The van der Waals surface area contributed by atoms with E-state index in [2.05, 4.69) is 30.9 Å². The lowest BCUT2D eigenvalue weighted by Gasteiger charge is -2.29. The first-order chi connectivity index (χ1) is 16.5. The molecule has 1 fully saturated rings. The van der Waals surface area contributed by atoms with Crippen molar-refractivity contribution in [3.8, 4) is 0 Å². The molecule has 1 aliphatic carbocycles. The van der Waals surface area contributed by atoms with Gasteiger partial charge in [0.1, 0.15) is 17.6 Å². The number of aromatic amines is 1. The number of aromatic nitrogens is 3. The zero-order chi connectivity index (χ0) is 25.2. The standard InChI is InChI=1S/C22H22Cl3F3N6O/c23-21(24,25)19(33-18(35)12-4-2-1-3-5-12)34-20-31-16-15(10-11-29-16)17(32-20)30-14-8-6-13(7-9-14)22(26,27)28/h6-12,19H,1-5H2,(H,33,35)(H3,29,30,31,32,34). The molecule has 4 N–H and O–H groups in total. The third-order valence-electron chi connectivity index (χ3n) is 5.75. The van der Waals surface area contributed by atoms with Gasteiger partial charge in [0.2, 0.25) is 15.6 Å². The zero-order valence-electron chi connectivity index (χ0n) is 18.2.